The highest BCUT2D eigenvalue weighted by molar-refractivity contribution is 9.10. The molecule has 0 aromatic heterocycles. The highest BCUT2D eigenvalue weighted by atomic mass is 79.9. The summed E-state index contributed by atoms with van der Waals surface area (Å²) in [6.07, 6.45) is 3.48. The van der Waals surface area contributed by atoms with Crippen LogP contribution in [0, 0.1) is 0 Å². The molecule has 1 aliphatic carbocycles. The van der Waals surface area contributed by atoms with E-state index in [4.69, 9.17) is 5.73 Å². The first-order chi connectivity index (χ1) is 9.65. The molecule has 0 aliphatic heterocycles. The first-order valence-electron chi connectivity index (χ1n) is 6.68. The third kappa shape index (κ3) is 2.67. The smallest absolute Gasteiger partial charge is 0.0574 e. The zero-order chi connectivity index (χ0) is 14.1. The van der Waals surface area contributed by atoms with Crippen molar-refractivity contribution < 1.29 is 4.21 Å². The lowest BCUT2D eigenvalue weighted by Gasteiger charge is -2.08. The number of hydrogen-bond acceptors (Lipinski definition) is 2. The molecule has 2 aromatic rings. The van der Waals surface area contributed by atoms with Crippen LogP contribution >= 0.6 is 15.9 Å². The van der Waals surface area contributed by atoms with Crippen LogP contribution in [0.15, 0.2) is 45.8 Å². The van der Waals surface area contributed by atoms with Crippen molar-refractivity contribution in [2.45, 2.75) is 29.9 Å². The van der Waals surface area contributed by atoms with Crippen molar-refractivity contribution in [3.05, 3.63) is 57.6 Å². The number of nitrogen functional groups attached to an aromatic ring is 1. The standard InChI is InChI=1S/C16H16BrNOS/c17-16-13(5-2-6-15(16)18)10-20(19)14-8-7-11-3-1-4-12(11)9-14/h2,5-9H,1,3-4,10,18H2. The van der Waals surface area contributed by atoms with Crippen LogP contribution in [-0.2, 0) is 29.4 Å². The molecule has 104 valence electrons. The molecule has 0 fully saturated rings. The number of benzene rings is 2. The van der Waals surface area contributed by atoms with Gasteiger partial charge in [-0.05, 0) is 70.1 Å². The number of anilines is 1. The lowest BCUT2D eigenvalue weighted by molar-refractivity contribution is 0.682. The van der Waals surface area contributed by atoms with Crippen molar-refractivity contribution in [1.29, 1.82) is 0 Å². The van der Waals surface area contributed by atoms with Crippen molar-refractivity contribution >= 4 is 32.4 Å². The van der Waals surface area contributed by atoms with Gasteiger partial charge in [0, 0.05) is 15.1 Å². The molecule has 1 aliphatic rings. The molecule has 0 heterocycles. The van der Waals surface area contributed by atoms with Crippen LogP contribution in [0.25, 0.3) is 0 Å². The van der Waals surface area contributed by atoms with E-state index in [0.717, 1.165) is 27.8 Å². The Labute approximate surface area is 130 Å². The molecule has 2 aromatic carbocycles. The fourth-order valence-electron chi connectivity index (χ4n) is 2.63. The molecule has 1 atom stereocenters. The van der Waals surface area contributed by atoms with Crippen molar-refractivity contribution in [2.24, 2.45) is 0 Å². The maximum Gasteiger partial charge on any atom is 0.0574 e. The zero-order valence-electron chi connectivity index (χ0n) is 11.1. The van der Waals surface area contributed by atoms with Crippen LogP contribution in [-0.4, -0.2) is 4.21 Å². The number of aryl methyl sites for hydroxylation is 2. The molecule has 2 nitrogen and oxygen atoms in total. The van der Waals surface area contributed by atoms with Crippen LogP contribution in [0.5, 0.6) is 0 Å². The van der Waals surface area contributed by atoms with Crippen molar-refractivity contribution in [1.82, 2.24) is 0 Å². The third-order valence-corrected chi connectivity index (χ3v) is 6.05. The van der Waals surface area contributed by atoms with Crippen LogP contribution < -0.4 is 5.73 Å². The number of fused-ring (bicyclic) bond motifs is 1. The summed E-state index contributed by atoms with van der Waals surface area (Å²) >= 11 is 3.47. The first-order valence-corrected chi connectivity index (χ1v) is 8.79. The van der Waals surface area contributed by atoms with E-state index in [1.54, 1.807) is 0 Å². The summed E-state index contributed by atoms with van der Waals surface area (Å²) in [6, 6.07) is 11.9. The number of rotatable bonds is 3. The Hall–Kier alpha value is -1.13. The van der Waals surface area contributed by atoms with E-state index in [9.17, 15) is 4.21 Å². The predicted octanol–water partition coefficient (Wildman–Crippen LogP) is 3.83. The minimum atomic E-state index is -1.03. The lowest BCUT2D eigenvalue weighted by atomic mass is 10.1. The van der Waals surface area contributed by atoms with E-state index >= 15 is 0 Å². The minimum absolute atomic E-state index is 0.490. The third-order valence-electron chi connectivity index (χ3n) is 3.73. The quantitative estimate of drug-likeness (QED) is 0.855. The van der Waals surface area contributed by atoms with Crippen LogP contribution in [0.3, 0.4) is 0 Å². The van der Waals surface area contributed by atoms with Gasteiger partial charge in [0.1, 0.15) is 0 Å². The molecule has 0 spiro atoms. The highest BCUT2D eigenvalue weighted by Gasteiger charge is 2.14. The maximum atomic E-state index is 12.5. The van der Waals surface area contributed by atoms with Gasteiger partial charge in [0.05, 0.1) is 16.6 Å². The van der Waals surface area contributed by atoms with Crippen molar-refractivity contribution in [3.8, 4) is 0 Å². The summed E-state index contributed by atoms with van der Waals surface area (Å²) in [7, 11) is -1.03. The minimum Gasteiger partial charge on any atom is -0.398 e. The Kier molecular flexibility index (Phi) is 3.94. The van der Waals surface area contributed by atoms with E-state index in [1.807, 2.05) is 24.3 Å². The van der Waals surface area contributed by atoms with Crippen LogP contribution in [0.4, 0.5) is 5.69 Å². The summed E-state index contributed by atoms with van der Waals surface area (Å²) in [5.74, 6) is 0.490. The number of nitrogens with two attached hydrogens (primary N) is 1. The Morgan fingerprint density at radius 1 is 1.15 bits per heavy atom. The molecule has 2 N–H and O–H groups in total. The van der Waals surface area contributed by atoms with Gasteiger partial charge in [-0.3, -0.25) is 4.21 Å². The van der Waals surface area contributed by atoms with Gasteiger partial charge in [0.2, 0.25) is 0 Å². The molecule has 0 bridgehead atoms. The summed E-state index contributed by atoms with van der Waals surface area (Å²) < 4.78 is 13.4. The van der Waals surface area contributed by atoms with Gasteiger partial charge < -0.3 is 5.73 Å². The number of halogens is 1. The summed E-state index contributed by atoms with van der Waals surface area (Å²) in [6.45, 7) is 0. The van der Waals surface area contributed by atoms with E-state index in [2.05, 4.69) is 28.1 Å². The molecule has 1 unspecified atom stereocenters. The molecular formula is C16H16BrNOS. The Balaban J connectivity index is 1.84. The second-order valence-corrected chi connectivity index (χ2v) is 7.34. The Bertz CT molecular complexity index is 684. The van der Waals surface area contributed by atoms with Gasteiger partial charge in [-0.15, -0.1) is 0 Å². The Morgan fingerprint density at radius 3 is 2.80 bits per heavy atom. The van der Waals surface area contributed by atoms with Crippen LogP contribution in [0.1, 0.15) is 23.1 Å². The van der Waals surface area contributed by atoms with Gasteiger partial charge in [0.15, 0.2) is 0 Å². The largest absolute Gasteiger partial charge is 0.398 e. The summed E-state index contributed by atoms with van der Waals surface area (Å²) in [5, 5.41) is 0. The lowest BCUT2D eigenvalue weighted by Crippen LogP contribution is -2.00. The predicted molar refractivity (Wildman–Crippen MR) is 87.1 cm³/mol. The molecule has 0 saturated heterocycles. The van der Waals surface area contributed by atoms with Gasteiger partial charge in [0.25, 0.3) is 0 Å². The van der Waals surface area contributed by atoms with Crippen LogP contribution in [0.2, 0.25) is 0 Å². The second-order valence-electron chi connectivity index (χ2n) is 5.09. The van der Waals surface area contributed by atoms with Gasteiger partial charge in [-0.1, -0.05) is 18.2 Å². The normalized spacial score (nSPS) is 15.1. The van der Waals surface area contributed by atoms with Gasteiger partial charge in [-0.2, -0.15) is 0 Å². The van der Waals surface area contributed by atoms with Gasteiger partial charge in [-0.25, -0.2) is 0 Å². The monoisotopic (exact) mass is 349 g/mol. The van der Waals surface area contributed by atoms with Crippen molar-refractivity contribution in [3.63, 3.8) is 0 Å². The van der Waals surface area contributed by atoms with E-state index in [1.165, 1.54) is 17.5 Å². The van der Waals surface area contributed by atoms with E-state index < -0.39 is 10.8 Å². The summed E-state index contributed by atoms with van der Waals surface area (Å²) in [4.78, 5) is 0.917. The molecule has 20 heavy (non-hydrogen) atoms. The Morgan fingerprint density at radius 2 is 1.95 bits per heavy atom. The SMILES string of the molecule is Nc1cccc(CS(=O)c2ccc3c(c2)CCC3)c1Br. The average Bonchev–Trinajstić information content (AvgIpc) is 2.91. The van der Waals surface area contributed by atoms with Gasteiger partial charge >= 0.3 is 0 Å². The topological polar surface area (TPSA) is 43.1 Å². The molecule has 3 rings (SSSR count). The molecule has 0 amide bonds. The fraction of sp³-hybridized carbons (Fsp3) is 0.250. The highest BCUT2D eigenvalue weighted by Crippen LogP contribution is 2.28. The van der Waals surface area contributed by atoms with Crippen molar-refractivity contribution in [2.75, 3.05) is 5.73 Å². The average molecular weight is 350 g/mol. The zero-order valence-corrected chi connectivity index (χ0v) is 13.5. The second kappa shape index (κ2) is 5.70. The van der Waals surface area contributed by atoms with E-state index in [-0.39, 0.29) is 0 Å². The maximum absolute atomic E-state index is 12.5. The molecule has 0 radical (unpaired) electrons. The molecule has 4 heteroatoms. The molecule has 0 saturated carbocycles. The van der Waals surface area contributed by atoms with E-state index in [0.29, 0.717) is 11.4 Å². The first kappa shape index (κ1) is 13.8. The molecular weight excluding hydrogens is 334 g/mol. The fourth-order valence-corrected chi connectivity index (χ4v) is 4.40. The number of hydrogen-bond donors (Lipinski definition) is 1. The summed E-state index contributed by atoms with van der Waals surface area (Å²) in [5.41, 5.74) is 10.3.